The molecule has 0 bridgehead atoms. The van der Waals surface area contributed by atoms with Crippen LogP contribution >= 0.6 is 0 Å². The molecule has 9 nitrogen and oxygen atoms in total. The predicted octanol–water partition coefficient (Wildman–Crippen LogP) is -1.73. The van der Waals surface area contributed by atoms with Crippen LogP contribution in [0.4, 0.5) is 0 Å². The number of H-pyrrole nitrogens is 1. The second kappa shape index (κ2) is 4.72. The zero-order valence-electron chi connectivity index (χ0n) is 10.8. The van der Waals surface area contributed by atoms with Crippen LogP contribution in [0, 0.1) is 6.92 Å². The monoisotopic (exact) mass is 299 g/mol. The minimum atomic E-state index is -4.20. The Morgan fingerprint density at radius 1 is 1.40 bits per heavy atom. The van der Waals surface area contributed by atoms with E-state index in [1.165, 1.54) is 0 Å². The van der Waals surface area contributed by atoms with Crippen LogP contribution in [0.5, 0.6) is 0 Å². The molecule has 0 spiro atoms. The largest absolute Gasteiger partial charge is 0.328 e. The van der Waals surface area contributed by atoms with Gasteiger partial charge in [-0.1, -0.05) is 0 Å². The molecule has 0 aromatic carbocycles. The number of nitrogens with one attached hydrogen (secondary N) is 1. The molecule has 0 radical (unpaired) electrons. The van der Waals surface area contributed by atoms with Gasteiger partial charge in [-0.05, 0) is 13.0 Å². The summed E-state index contributed by atoms with van der Waals surface area (Å²) in [6, 6.07) is 1.74. The van der Waals surface area contributed by atoms with Gasteiger partial charge in [-0.15, -0.1) is 0 Å². The topological polar surface area (TPSA) is 133 Å². The third-order valence-electron chi connectivity index (χ3n) is 2.72. The third kappa shape index (κ3) is 2.70. The second-order valence-electron chi connectivity index (χ2n) is 4.33. The fourth-order valence-electron chi connectivity index (χ4n) is 1.80. The molecular weight excluding hydrogens is 286 g/mol. The zero-order chi connectivity index (χ0) is 15.1. The molecule has 0 aliphatic rings. The lowest BCUT2D eigenvalue weighted by molar-refractivity contribution is 0.588. The SMILES string of the molecule is Cc1cc(Cn2cc(S(N)(=O)=O)c(=O)[nH]c2=O)n(C)n1. The molecule has 2 rings (SSSR count). The van der Waals surface area contributed by atoms with Crippen molar-refractivity contribution in [2.24, 2.45) is 12.2 Å². The number of hydrogen-bond acceptors (Lipinski definition) is 5. The van der Waals surface area contributed by atoms with E-state index in [0.29, 0.717) is 5.69 Å². The van der Waals surface area contributed by atoms with E-state index in [0.717, 1.165) is 16.5 Å². The molecule has 0 saturated carbocycles. The molecular formula is C10H13N5O4S. The number of aromatic nitrogens is 4. The summed E-state index contributed by atoms with van der Waals surface area (Å²) in [5.74, 6) is 0. The highest BCUT2D eigenvalue weighted by molar-refractivity contribution is 7.89. The molecule has 0 fully saturated rings. The van der Waals surface area contributed by atoms with Crippen molar-refractivity contribution in [2.75, 3.05) is 0 Å². The summed E-state index contributed by atoms with van der Waals surface area (Å²) < 4.78 is 25.1. The zero-order valence-corrected chi connectivity index (χ0v) is 11.6. The van der Waals surface area contributed by atoms with E-state index in [9.17, 15) is 18.0 Å². The summed E-state index contributed by atoms with van der Waals surface area (Å²) in [6.07, 6.45) is 0.929. The Balaban J connectivity index is 2.56. The molecule has 20 heavy (non-hydrogen) atoms. The van der Waals surface area contributed by atoms with Gasteiger partial charge in [0.25, 0.3) is 5.56 Å². The first-order valence-corrected chi connectivity index (χ1v) is 7.09. The summed E-state index contributed by atoms with van der Waals surface area (Å²) in [4.78, 5) is 24.4. The van der Waals surface area contributed by atoms with Crippen LogP contribution in [-0.4, -0.2) is 27.7 Å². The van der Waals surface area contributed by atoms with E-state index in [-0.39, 0.29) is 6.54 Å². The predicted molar refractivity (Wildman–Crippen MR) is 69.7 cm³/mol. The average molecular weight is 299 g/mol. The van der Waals surface area contributed by atoms with Gasteiger partial charge in [0.15, 0.2) is 4.90 Å². The summed E-state index contributed by atoms with van der Waals surface area (Å²) in [6.45, 7) is 1.85. The number of aryl methyl sites for hydroxylation is 2. The third-order valence-corrected chi connectivity index (χ3v) is 3.62. The van der Waals surface area contributed by atoms with Crippen molar-refractivity contribution in [2.45, 2.75) is 18.4 Å². The Morgan fingerprint density at radius 3 is 2.55 bits per heavy atom. The number of aromatic amines is 1. The summed E-state index contributed by atoms with van der Waals surface area (Å²) in [7, 11) is -2.50. The number of hydrogen-bond donors (Lipinski definition) is 2. The van der Waals surface area contributed by atoms with Crippen molar-refractivity contribution in [3.63, 3.8) is 0 Å². The fraction of sp³-hybridized carbons (Fsp3) is 0.300. The molecule has 0 aliphatic heterocycles. The maximum Gasteiger partial charge on any atom is 0.328 e. The Kier molecular flexibility index (Phi) is 3.36. The van der Waals surface area contributed by atoms with Gasteiger partial charge in [0.1, 0.15) is 0 Å². The van der Waals surface area contributed by atoms with Gasteiger partial charge in [0.2, 0.25) is 10.0 Å². The number of rotatable bonds is 3. The highest BCUT2D eigenvalue weighted by Crippen LogP contribution is 2.04. The molecule has 0 amide bonds. The first-order chi connectivity index (χ1) is 9.18. The minimum absolute atomic E-state index is 0.0650. The number of nitrogens with zero attached hydrogens (tertiary/aromatic N) is 3. The Bertz CT molecular complexity index is 874. The van der Waals surface area contributed by atoms with Crippen molar-refractivity contribution >= 4 is 10.0 Å². The van der Waals surface area contributed by atoms with Gasteiger partial charge < -0.3 is 0 Å². The van der Waals surface area contributed by atoms with Crippen LogP contribution < -0.4 is 16.4 Å². The van der Waals surface area contributed by atoms with Crippen LogP contribution in [0.25, 0.3) is 0 Å². The van der Waals surface area contributed by atoms with Crippen molar-refractivity contribution in [3.05, 3.63) is 44.5 Å². The van der Waals surface area contributed by atoms with Crippen LogP contribution in [0.1, 0.15) is 11.4 Å². The molecule has 0 aliphatic carbocycles. The quantitative estimate of drug-likeness (QED) is 0.695. The summed E-state index contributed by atoms with van der Waals surface area (Å²) >= 11 is 0. The molecule has 108 valence electrons. The lowest BCUT2D eigenvalue weighted by Crippen LogP contribution is -2.35. The van der Waals surface area contributed by atoms with Crippen molar-refractivity contribution in [1.82, 2.24) is 19.3 Å². The van der Waals surface area contributed by atoms with Crippen LogP contribution in [0.15, 0.2) is 26.7 Å². The van der Waals surface area contributed by atoms with E-state index in [1.807, 2.05) is 4.98 Å². The molecule has 2 aromatic rings. The van der Waals surface area contributed by atoms with E-state index < -0.39 is 26.2 Å². The van der Waals surface area contributed by atoms with Gasteiger partial charge in [0, 0.05) is 13.2 Å². The number of primary sulfonamides is 1. The average Bonchev–Trinajstić information content (AvgIpc) is 2.59. The van der Waals surface area contributed by atoms with Gasteiger partial charge in [0.05, 0.1) is 17.9 Å². The van der Waals surface area contributed by atoms with Gasteiger partial charge in [-0.3, -0.25) is 19.0 Å². The van der Waals surface area contributed by atoms with Crippen LogP contribution in [0.2, 0.25) is 0 Å². The first kappa shape index (κ1) is 14.2. The van der Waals surface area contributed by atoms with E-state index >= 15 is 0 Å². The van der Waals surface area contributed by atoms with Crippen molar-refractivity contribution in [1.29, 1.82) is 0 Å². The Labute approximate surface area is 113 Å². The standard InChI is InChI=1S/C10H13N5O4S/c1-6-3-7(14(2)13-6)4-15-5-8(20(11,18)19)9(16)12-10(15)17/h3,5H,4H2,1-2H3,(H2,11,18,19)(H,12,16,17). The summed E-state index contributed by atoms with van der Waals surface area (Å²) in [5, 5.41) is 9.04. The smallest absolute Gasteiger partial charge is 0.293 e. The second-order valence-corrected chi connectivity index (χ2v) is 5.86. The Morgan fingerprint density at radius 2 is 2.05 bits per heavy atom. The minimum Gasteiger partial charge on any atom is -0.293 e. The van der Waals surface area contributed by atoms with Crippen molar-refractivity contribution < 1.29 is 8.42 Å². The molecule has 3 N–H and O–H groups in total. The van der Waals surface area contributed by atoms with Gasteiger partial charge in [-0.25, -0.2) is 18.4 Å². The van der Waals surface area contributed by atoms with Gasteiger partial charge in [-0.2, -0.15) is 5.10 Å². The maximum atomic E-state index is 11.7. The maximum absolute atomic E-state index is 11.7. The van der Waals surface area contributed by atoms with E-state index in [1.54, 1.807) is 24.7 Å². The molecule has 10 heteroatoms. The summed E-state index contributed by atoms with van der Waals surface area (Å²) in [5.41, 5.74) is -0.320. The fourth-order valence-corrected chi connectivity index (χ4v) is 2.38. The van der Waals surface area contributed by atoms with Gasteiger partial charge >= 0.3 is 5.69 Å². The molecule has 0 saturated heterocycles. The van der Waals surface area contributed by atoms with E-state index in [4.69, 9.17) is 5.14 Å². The normalized spacial score (nSPS) is 11.8. The first-order valence-electron chi connectivity index (χ1n) is 5.54. The molecule has 0 atom stereocenters. The highest BCUT2D eigenvalue weighted by Gasteiger charge is 2.16. The lowest BCUT2D eigenvalue weighted by atomic mass is 10.3. The highest BCUT2D eigenvalue weighted by atomic mass is 32.2. The number of nitrogens with two attached hydrogens (primary N) is 1. The molecule has 2 aromatic heterocycles. The lowest BCUT2D eigenvalue weighted by Gasteiger charge is -2.06. The van der Waals surface area contributed by atoms with Crippen LogP contribution in [-0.2, 0) is 23.6 Å². The number of sulfonamides is 1. The molecule has 0 unspecified atom stereocenters. The molecule has 2 heterocycles. The van der Waals surface area contributed by atoms with E-state index in [2.05, 4.69) is 5.10 Å². The Hall–Kier alpha value is -2.20. The van der Waals surface area contributed by atoms with Crippen molar-refractivity contribution in [3.8, 4) is 0 Å². The van der Waals surface area contributed by atoms with Crippen LogP contribution in [0.3, 0.4) is 0 Å².